The smallest absolute Gasteiger partial charge is 0.325 e. The molecule has 12 nitrogen and oxygen atoms in total. The number of amides is 3. The SMILES string of the molecule is CC(NC(=O)C(Cc1cccnc1)NC(=O)C(C)(C)C=Cc1cc2cc(C(C)O)ccc2cn1)C(=O)N1CCCC(C(=O)OCC(C)(Cl)Cl)N1. The highest BCUT2D eigenvalue weighted by Crippen LogP contribution is 2.24. The van der Waals surface area contributed by atoms with Gasteiger partial charge in [-0.15, -0.1) is 0 Å². The van der Waals surface area contributed by atoms with Gasteiger partial charge < -0.3 is 20.5 Å². The summed E-state index contributed by atoms with van der Waals surface area (Å²) < 4.78 is 3.94. The number of carbonyl (C=O) groups is 4. The van der Waals surface area contributed by atoms with Gasteiger partial charge in [-0.25, -0.2) is 5.43 Å². The van der Waals surface area contributed by atoms with Gasteiger partial charge in [0.1, 0.15) is 29.1 Å². The van der Waals surface area contributed by atoms with Crippen LogP contribution >= 0.6 is 23.2 Å². The molecule has 0 radical (unpaired) electrons. The molecule has 0 spiro atoms. The first kappa shape index (κ1) is 38.7. The van der Waals surface area contributed by atoms with Gasteiger partial charge in [0.2, 0.25) is 11.8 Å². The average molecular weight is 728 g/mol. The second-order valence-electron chi connectivity index (χ2n) is 13.3. The third kappa shape index (κ3) is 10.9. The summed E-state index contributed by atoms with van der Waals surface area (Å²) in [4.78, 5) is 61.8. The number of nitrogens with one attached hydrogen (secondary N) is 3. The summed E-state index contributed by atoms with van der Waals surface area (Å²) in [7, 11) is 0. The van der Waals surface area contributed by atoms with Gasteiger partial charge in [-0.1, -0.05) is 47.5 Å². The van der Waals surface area contributed by atoms with Crippen LogP contribution in [0.3, 0.4) is 0 Å². The van der Waals surface area contributed by atoms with Crippen molar-refractivity contribution < 1.29 is 29.0 Å². The van der Waals surface area contributed by atoms with E-state index in [-0.39, 0.29) is 13.0 Å². The van der Waals surface area contributed by atoms with E-state index in [1.807, 2.05) is 24.3 Å². The maximum Gasteiger partial charge on any atom is 0.325 e. The van der Waals surface area contributed by atoms with Crippen molar-refractivity contribution in [2.24, 2.45) is 5.41 Å². The van der Waals surface area contributed by atoms with Crippen molar-refractivity contribution in [3.05, 3.63) is 77.9 Å². The molecule has 1 aromatic carbocycles. The Morgan fingerprint density at radius 2 is 1.86 bits per heavy atom. The number of hydrazine groups is 1. The van der Waals surface area contributed by atoms with Crippen molar-refractivity contribution >= 4 is 63.7 Å². The molecule has 50 heavy (non-hydrogen) atoms. The van der Waals surface area contributed by atoms with E-state index in [2.05, 4.69) is 26.0 Å². The first-order valence-corrected chi connectivity index (χ1v) is 17.2. The molecule has 1 saturated heterocycles. The summed E-state index contributed by atoms with van der Waals surface area (Å²) in [5.74, 6) is -2.04. The number of pyridine rings is 2. The highest BCUT2D eigenvalue weighted by Gasteiger charge is 2.34. The number of hydrogen-bond acceptors (Lipinski definition) is 9. The van der Waals surface area contributed by atoms with Gasteiger partial charge in [-0.05, 0) is 88.2 Å². The summed E-state index contributed by atoms with van der Waals surface area (Å²) in [6.45, 7) is 8.28. The first-order valence-electron chi connectivity index (χ1n) is 16.4. The maximum atomic E-state index is 13.7. The van der Waals surface area contributed by atoms with E-state index in [4.69, 9.17) is 27.9 Å². The zero-order valence-electron chi connectivity index (χ0n) is 28.8. The molecule has 1 aliphatic rings. The Hall–Kier alpha value is -4.10. The number of aliphatic hydroxyl groups excluding tert-OH is 1. The van der Waals surface area contributed by atoms with Crippen LogP contribution in [0.2, 0.25) is 0 Å². The highest BCUT2D eigenvalue weighted by atomic mass is 35.5. The van der Waals surface area contributed by atoms with Crippen LogP contribution in [-0.2, 0) is 30.3 Å². The third-order valence-corrected chi connectivity index (χ3v) is 8.44. The van der Waals surface area contributed by atoms with Crippen molar-refractivity contribution in [1.82, 2.24) is 31.0 Å². The number of hydrogen-bond donors (Lipinski definition) is 4. The lowest BCUT2D eigenvalue weighted by atomic mass is 9.90. The lowest BCUT2D eigenvalue weighted by Gasteiger charge is -2.34. The molecule has 0 bridgehead atoms. The molecule has 2 aromatic heterocycles. The number of aromatic nitrogens is 2. The third-order valence-electron chi connectivity index (χ3n) is 8.22. The van der Waals surface area contributed by atoms with E-state index in [0.29, 0.717) is 30.6 Å². The quantitative estimate of drug-likeness (QED) is 0.150. The van der Waals surface area contributed by atoms with Crippen molar-refractivity contribution in [2.45, 2.75) is 82.4 Å². The molecule has 3 aromatic rings. The normalized spacial score (nSPS) is 17.2. The van der Waals surface area contributed by atoms with Crippen LogP contribution in [0, 0.1) is 5.41 Å². The summed E-state index contributed by atoms with van der Waals surface area (Å²) in [6.07, 6.45) is 8.88. The van der Waals surface area contributed by atoms with Crippen molar-refractivity contribution in [3.8, 4) is 0 Å². The fourth-order valence-corrected chi connectivity index (χ4v) is 5.34. The van der Waals surface area contributed by atoms with Crippen LogP contribution in [-0.4, -0.2) is 79.4 Å². The lowest BCUT2D eigenvalue weighted by Crippen LogP contribution is -2.61. The zero-order valence-corrected chi connectivity index (χ0v) is 30.3. The number of nitrogens with zero attached hydrogens (tertiary/aromatic N) is 3. The number of esters is 1. The summed E-state index contributed by atoms with van der Waals surface area (Å²) in [6, 6.07) is 8.23. The monoisotopic (exact) mass is 726 g/mol. The van der Waals surface area contributed by atoms with Crippen LogP contribution in [0.5, 0.6) is 0 Å². The van der Waals surface area contributed by atoms with Gasteiger partial charge in [0, 0.05) is 36.9 Å². The van der Waals surface area contributed by atoms with Gasteiger partial charge in [0.15, 0.2) is 0 Å². The van der Waals surface area contributed by atoms with Crippen molar-refractivity contribution in [3.63, 3.8) is 0 Å². The molecule has 1 aliphatic heterocycles. The Kier molecular flexibility index (Phi) is 13.0. The minimum absolute atomic E-state index is 0.125. The fourth-order valence-electron chi connectivity index (χ4n) is 5.23. The number of aliphatic hydroxyl groups is 1. The molecule has 14 heteroatoms. The molecule has 268 valence electrons. The van der Waals surface area contributed by atoms with Gasteiger partial charge in [0.25, 0.3) is 5.91 Å². The molecule has 4 N–H and O–H groups in total. The lowest BCUT2D eigenvalue weighted by molar-refractivity contribution is -0.153. The van der Waals surface area contributed by atoms with Crippen LogP contribution < -0.4 is 16.1 Å². The van der Waals surface area contributed by atoms with Crippen LogP contribution in [0.15, 0.2) is 61.1 Å². The van der Waals surface area contributed by atoms with E-state index < -0.39 is 57.7 Å². The molecule has 3 amide bonds. The minimum atomic E-state index is -1.24. The number of benzene rings is 1. The second kappa shape index (κ2) is 16.7. The fraction of sp³-hybridized carbons (Fsp3) is 0.444. The van der Waals surface area contributed by atoms with Gasteiger partial charge in [-0.2, -0.15) is 0 Å². The van der Waals surface area contributed by atoms with E-state index in [9.17, 15) is 24.3 Å². The second-order valence-corrected chi connectivity index (χ2v) is 15.1. The number of carbonyl (C=O) groups excluding carboxylic acids is 4. The predicted molar refractivity (Wildman–Crippen MR) is 192 cm³/mol. The Balaban J connectivity index is 1.43. The Bertz CT molecular complexity index is 1710. The summed E-state index contributed by atoms with van der Waals surface area (Å²) in [5.41, 5.74) is 3.94. The Morgan fingerprint density at radius 3 is 2.54 bits per heavy atom. The molecule has 0 saturated carbocycles. The molecular weight excluding hydrogens is 683 g/mol. The Morgan fingerprint density at radius 1 is 1.10 bits per heavy atom. The molecule has 1 fully saturated rings. The van der Waals surface area contributed by atoms with E-state index in [1.54, 1.807) is 63.6 Å². The van der Waals surface area contributed by atoms with Crippen LogP contribution in [0.25, 0.3) is 16.8 Å². The molecule has 4 unspecified atom stereocenters. The maximum absolute atomic E-state index is 13.7. The summed E-state index contributed by atoms with van der Waals surface area (Å²) in [5, 5.41) is 18.7. The number of ether oxygens (including phenoxy) is 1. The van der Waals surface area contributed by atoms with Gasteiger partial charge >= 0.3 is 5.97 Å². The van der Waals surface area contributed by atoms with Crippen molar-refractivity contribution in [1.29, 1.82) is 0 Å². The van der Waals surface area contributed by atoms with Gasteiger partial charge in [-0.3, -0.25) is 34.2 Å². The predicted octanol–water partition coefficient (Wildman–Crippen LogP) is 4.19. The van der Waals surface area contributed by atoms with Crippen LogP contribution in [0.1, 0.15) is 70.4 Å². The summed E-state index contributed by atoms with van der Waals surface area (Å²) >= 11 is 11.8. The number of alkyl halides is 2. The number of halogens is 2. The van der Waals surface area contributed by atoms with Crippen molar-refractivity contribution in [2.75, 3.05) is 13.2 Å². The average Bonchev–Trinajstić information content (AvgIpc) is 3.08. The van der Waals surface area contributed by atoms with Crippen LogP contribution in [0.4, 0.5) is 0 Å². The number of fused-ring (bicyclic) bond motifs is 1. The molecule has 4 rings (SSSR count). The highest BCUT2D eigenvalue weighted by molar-refractivity contribution is 6.48. The first-order chi connectivity index (χ1) is 23.5. The van der Waals surface area contributed by atoms with E-state index >= 15 is 0 Å². The number of rotatable bonds is 13. The molecule has 3 heterocycles. The van der Waals surface area contributed by atoms with E-state index in [0.717, 1.165) is 16.3 Å². The largest absolute Gasteiger partial charge is 0.461 e. The Labute approximate surface area is 301 Å². The molecule has 4 atom stereocenters. The van der Waals surface area contributed by atoms with E-state index in [1.165, 1.54) is 18.9 Å². The minimum Gasteiger partial charge on any atom is -0.461 e. The van der Waals surface area contributed by atoms with Gasteiger partial charge in [0.05, 0.1) is 17.2 Å². The zero-order chi connectivity index (χ0) is 36.6. The topological polar surface area (TPSA) is 163 Å². The standard InChI is InChI=1S/C36H44Cl2N6O6/c1-22(32(47)44-15-7-9-29(43-44)33(48)50-21-36(5,37)38)41-31(46)30(16-24-8-6-14-39-19-24)42-34(49)35(3,4)13-12-28-18-27-17-25(23(2)45)10-11-26(27)20-40-28/h6,8,10-14,17-20,22-23,29-30,43,45H,7,9,15-16,21H2,1-5H3,(H,41,46)(H,42,49). The molecule has 0 aliphatic carbocycles. The molecular formula is C36H44Cl2N6O6.